The Labute approximate surface area is 81.7 Å². The molecule has 8 heteroatoms. The zero-order valence-electron chi connectivity index (χ0n) is 6.10. The Morgan fingerprint density at radius 3 is 1.00 bits per heavy atom. The van der Waals surface area contributed by atoms with Gasteiger partial charge in [-0.2, -0.15) is 0 Å². The molecule has 76 valence electrons. The molecule has 6 N–H and O–H groups in total. The molecule has 6 nitrogen and oxygen atoms in total. The van der Waals surface area contributed by atoms with Crippen LogP contribution in [0.5, 0.6) is 0 Å². The summed E-state index contributed by atoms with van der Waals surface area (Å²) in [5, 5.41) is 15.2. The van der Waals surface area contributed by atoms with Crippen LogP contribution in [-0.4, -0.2) is 35.2 Å². The third-order valence-electron chi connectivity index (χ3n) is 0.349. The predicted molar refractivity (Wildman–Crippen MR) is 47.9 cm³/mol. The molecule has 0 aliphatic heterocycles. The highest BCUT2D eigenvalue weighted by molar-refractivity contribution is 5.85. The van der Waals surface area contributed by atoms with Crippen LogP contribution in [-0.2, 0) is 9.59 Å². The molecule has 0 atom stereocenters. The lowest BCUT2D eigenvalue weighted by molar-refractivity contribution is -0.136. The number of carboxylic acids is 2. The van der Waals surface area contributed by atoms with Gasteiger partial charge in [0.25, 0.3) is 0 Å². The number of carboxylic acid groups (broad SMARTS) is 2. The molecule has 0 aliphatic rings. The number of nitrogens with two attached hydrogens (primary N) is 2. The quantitative estimate of drug-likeness (QED) is 0.470. The molecule has 0 aromatic rings. The summed E-state index contributed by atoms with van der Waals surface area (Å²) in [4.78, 5) is 18.5. The summed E-state index contributed by atoms with van der Waals surface area (Å²) >= 11 is 0. The van der Waals surface area contributed by atoms with Crippen molar-refractivity contribution in [1.82, 2.24) is 0 Å². The molecule has 0 aliphatic carbocycles. The van der Waals surface area contributed by atoms with Crippen LogP contribution in [0.3, 0.4) is 0 Å². The summed E-state index contributed by atoms with van der Waals surface area (Å²) in [7, 11) is 0. The minimum atomic E-state index is -0.968. The first-order valence-electron chi connectivity index (χ1n) is 2.38. The zero-order chi connectivity index (χ0) is 8.57. The Morgan fingerprint density at radius 2 is 1.00 bits per heavy atom. The Morgan fingerprint density at radius 1 is 0.917 bits per heavy atom. The molecule has 0 heterocycles. The van der Waals surface area contributed by atoms with E-state index in [1.807, 2.05) is 0 Å². The van der Waals surface area contributed by atoms with Crippen molar-refractivity contribution in [3.05, 3.63) is 0 Å². The molecule has 0 bridgehead atoms. The van der Waals surface area contributed by atoms with E-state index in [-0.39, 0.29) is 37.9 Å². The normalized spacial score (nSPS) is 6.17. The molecule has 0 aromatic carbocycles. The van der Waals surface area contributed by atoms with Crippen molar-refractivity contribution < 1.29 is 19.8 Å². The molecule has 0 aromatic heterocycles. The molecular weight excluding hydrogens is 211 g/mol. The van der Waals surface area contributed by atoms with Crippen LogP contribution < -0.4 is 11.5 Å². The lowest BCUT2D eigenvalue weighted by Gasteiger charge is -1.73. The summed E-state index contributed by atoms with van der Waals surface area (Å²) in [5.74, 6) is -1.94. The molecule has 0 radical (unpaired) electrons. The first kappa shape index (κ1) is 22.5. The first-order chi connectivity index (χ1) is 4.54. The van der Waals surface area contributed by atoms with Crippen LogP contribution in [0.4, 0.5) is 0 Å². The number of rotatable bonds is 2. The minimum absolute atomic E-state index is 0. The van der Waals surface area contributed by atoms with E-state index in [2.05, 4.69) is 11.5 Å². The Bertz CT molecular complexity index is 108. The van der Waals surface area contributed by atoms with Crippen LogP contribution in [0.15, 0.2) is 0 Å². The smallest absolute Gasteiger partial charge is 0.317 e. The van der Waals surface area contributed by atoms with Crippen molar-refractivity contribution in [2.75, 3.05) is 13.1 Å². The van der Waals surface area contributed by atoms with E-state index in [1.54, 1.807) is 0 Å². The highest BCUT2D eigenvalue weighted by Gasteiger charge is 1.81. The summed E-state index contributed by atoms with van der Waals surface area (Å²) in [5.41, 5.74) is 9.14. The second-order valence-corrected chi connectivity index (χ2v) is 1.20. The average Bonchev–Trinajstić information content (AvgIpc) is 1.89. The average molecular weight is 223 g/mol. The van der Waals surface area contributed by atoms with Crippen molar-refractivity contribution in [2.45, 2.75) is 0 Å². The van der Waals surface area contributed by atoms with Crippen molar-refractivity contribution in [3.8, 4) is 0 Å². The van der Waals surface area contributed by atoms with Gasteiger partial charge in [0.1, 0.15) is 0 Å². The number of hydrogen-bond donors (Lipinski definition) is 4. The molecular formula is C4H12Cl2N2O4. The van der Waals surface area contributed by atoms with Gasteiger partial charge >= 0.3 is 11.9 Å². The highest BCUT2D eigenvalue weighted by atomic mass is 35.5. The lowest BCUT2D eigenvalue weighted by Crippen LogP contribution is -2.10. The second kappa shape index (κ2) is 16.8. The van der Waals surface area contributed by atoms with E-state index in [4.69, 9.17) is 10.2 Å². The lowest BCUT2D eigenvalue weighted by atomic mass is 10.7. The van der Waals surface area contributed by atoms with Crippen molar-refractivity contribution in [1.29, 1.82) is 0 Å². The Kier molecular flexibility index (Phi) is 31.5. The highest BCUT2D eigenvalue weighted by Crippen LogP contribution is 1.44. The zero-order valence-corrected chi connectivity index (χ0v) is 7.73. The van der Waals surface area contributed by atoms with Crippen LogP contribution in [0, 0.1) is 0 Å². The van der Waals surface area contributed by atoms with Gasteiger partial charge in [0.2, 0.25) is 0 Å². The van der Waals surface area contributed by atoms with Gasteiger partial charge in [-0.15, -0.1) is 24.8 Å². The van der Waals surface area contributed by atoms with Crippen molar-refractivity contribution >= 4 is 36.8 Å². The third kappa shape index (κ3) is 56.8. The van der Waals surface area contributed by atoms with E-state index < -0.39 is 11.9 Å². The fourth-order valence-electron chi connectivity index (χ4n) is 0. The van der Waals surface area contributed by atoms with Crippen LogP contribution in [0.1, 0.15) is 0 Å². The van der Waals surface area contributed by atoms with Crippen LogP contribution >= 0.6 is 24.8 Å². The van der Waals surface area contributed by atoms with Gasteiger partial charge in [-0.25, -0.2) is 0 Å². The van der Waals surface area contributed by atoms with Gasteiger partial charge in [-0.05, 0) is 0 Å². The van der Waals surface area contributed by atoms with E-state index in [0.29, 0.717) is 0 Å². The molecule has 0 saturated carbocycles. The summed E-state index contributed by atoms with van der Waals surface area (Å²) < 4.78 is 0. The molecule has 0 spiro atoms. The maximum absolute atomic E-state index is 9.24. The van der Waals surface area contributed by atoms with Gasteiger partial charge in [-0.3, -0.25) is 9.59 Å². The summed E-state index contributed by atoms with van der Waals surface area (Å²) in [6, 6.07) is 0. The first-order valence-corrected chi connectivity index (χ1v) is 2.38. The standard InChI is InChI=1S/2C2H5NO2.2ClH/c2*3-1-2(4)5;;/h2*1,3H2,(H,4,5);2*1H. The maximum atomic E-state index is 9.24. The maximum Gasteiger partial charge on any atom is 0.317 e. The van der Waals surface area contributed by atoms with Crippen LogP contribution in [0.2, 0.25) is 0 Å². The predicted octanol–water partition coefficient (Wildman–Crippen LogP) is -1.10. The van der Waals surface area contributed by atoms with Gasteiger partial charge in [0.05, 0.1) is 13.1 Å². The number of aliphatic carboxylic acids is 2. The molecule has 0 fully saturated rings. The number of hydrogen-bond acceptors (Lipinski definition) is 4. The number of carbonyl (C=O) groups is 2. The monoisotopic (exact) mass is 222 g/mol. The molecule has 0 saturated heterocycles. The minimum Gasteiger partial charge on any atom is -0.480 e. The van der Waals surface area contributed by atoms with E-state index in [1.165, 1.54) is 0 Å². The fourth-order valence-corrected chi connectivity index (χ4v) is 0. The van der Waals surface area contributed by atoms with Gasteiger partial charge in [0.15, 0.2) is 0 Å². The third-order valence-corrected chi connectivity index (χ3v) is 0.349. The van der Waals surface area contributed by atoms with E-state index >= 15 is 0 Å². The van der Waals surface area contributed by atoms with Gasteiger partial charge in [0, 0.05) is 0 Å². The fraction of sp³-hybridized carbons (Fsp3) is 0.500. The number of halogens is 2. The molecule has 0 rings (SSSR count). The van der Waals surface area contributed by atoms with Gasteiger partial charge < -0.3 is 21.7 Å². The van der Waals surface area contributed by atoms with Crippen molar-refractivity contribution in [3.63, 3.8) is 0 Å². The summed E-state index contributed by atoms with van der Waals surface area (Å²) in [6.07, 6.45) is 0. The molecule has 0 amide bonds. The Hall–Kier alpha value is -0.560. The largest absolute Gasteiger partial charge is 0.480 e. The van der Waals surface area contributed by atoms with Gasteiger partial charge in [-0.1, -0.05) is 0 Å². The molecule has 0 unspecified atom stereocenters. The topological polar surface area (TPSA) is 127 Å². The van der Waals surface area contributed by atoms with Crippen LogP contribution in [0.25, 0.3) is 0 Å². The van der Waals surface area contributed by atoms with Crippen molar-refractivity contribution in [2.24, 2.45) is 11.5 Å². The Balaban J connectivity index is -0.0000000457. The van der Waals surface area contributed by atoms with E-state index in [0.717, 1.165) is 0 Å². The van der Waals surface area contributed by atoms with E-state index in [9.17, 15) is 9.59 Å². The summed E-state index contributed by atoms with van der Waals surface area (Å²) in [6.45, 7) is -0.556. The molecule has 12 heavy (non-hydrogen) atoms. The second-order valence-electron chi connectivity index (χ2n) is 1.20. The SMILES string of the molecule is Cl.Cl.NCC(=O)O.NCC(=O)O.